The molecule has 0 rings (SSSR count). The Hall–Kier alpha value is 0.380. The van der Waals surface area contributed by atoms with Crippen molar-refractivity contribution in [3.8, 4) is 0 Å². The molecule has 0 fully saturated rings. The highest BCUT2D eigenvalue weighted by molar-refractivity contribution is 7.58. The van der Waals surface area contributed by atoms with E-state index < -0.39 is 21.5 Å². The number of hydrogen-bond donors (Lipinski definition) is 1. The number of rotatable bonds is 6. The molecule has 74 valence electrons. The lowest BCUT2D eigenvalue weighted by molar-refractivity contribution is 0.345. The maximum atomic E-state index is 11.2. The predicted molar refractivity (Wildman–Crippen MR) is 50.5 cm³/mol. The predicted octanol–water partition coefficient (Wildman–Crippen LogP) is 2.09. The quantitative estimate of drug-likeness (QED) is 0.687. The molecule has 4 nitrogen and oxygen atoms in total. The Balaban J connectivity index is 4.09. The molecule has 0 aliphatic heterocycles. The Labute approximate surface area is 74.1 Å². The monoisotopic (exact) mass is 214 g/mol. The maximum absolute atomic E-state index is 11.2. The molecule has 0 saturated carbocycles. The normalized spacial score (nSPS) is 18.6. The Morgan fingerprint density at radius 1 is 1.42 bits per heavy atom. The molecule has 0 bridgehead atoms. The molecule has 0 heterocycles. The summed E-state index contributed by atoms with van der Waals surface area (Å²) in [5, 5.41) is -0.620. The van der Waals surface area contributed by atoms with Gasteiger partial charge in [0.2, 0.25) is 16.1 Å². The fourth-order valence-electron chi connectivity index (χ4n) is 0.874. The lowest BCUT2D eigenvalue weighted by atomic mass is 10.4. The van der Waals surface area contributed by atoms with Gasteiger partial charge in [0, 0.05) is 0 Å². The fourth-order valence-corrected chi connectivity index (χ4v) is 3.48. The molecule has 0 aromatic heterocycles. The lowest BCUT2D eigenvalue weighted by Crippen LogP contribution is -1.97. The number of hydrogen-bond acceptors (Lipinski definition) is 3. The average molecular weight is 214 g/mol. The average Bonchev–Trinajstić information content (AvgIpc) is 1.99. The fraction of sp³-hybridized carbons (Fsp3) is 1.00. The largest absolute Gasteiger partial charge is 0.346 e. The summed E-state index contributed by atoms with van der Waals surface area (Å²) in [7, 11) is -5.01. The molecule has 3 unspecified atom stereocenters. The summed E-state index contributed by atoms with van der Waals surface area (Å²) in [6.45, 7) is 3.95. The van der Waals surface area contributed by atoms with E-state index in [-0.39, 0.29) is 0 Å². The van der Waals surface area contributed by atoms with Crippen molar-refractivity contribution in [3.05, 3.63) is 0 Å². The van der Waals surface area contributed by atoms with Crippen LogP contribution in [0.4, 0.5) is 0 Å². The smallest absolute Gasteiger partial charge is 0.203 e. The van der Waals surface area contributed by atoms with E-state index in [0.717, 1.165) is 6.42 Å². The third-order valence-corrected chi connectivity index (χ3v) is 5.21. The first kappa shape index (κ1) is 12.4. The van der Waals surface area contributed by atoms with Gasteiger partial charge in [0.1, 0.15) is 5.40 Å². The van der Waals surface area contributed by atoms with Gasteiger partial charge in [-0.3, -0.25) is 9.13 Å². The summed E-state index contributed by atoms with van der Waals surface area (Å²) < 4.78 is 26.8. The van der Waals surface area contributed by atoms with E-state index in [1.807, 2.05) is 6.92 Å². The van der Waals surface area contributed by atoms with Gasteiger partial charge in [0.05, 0.1) is 6.61 Å². The van der Waals surface area contributed by atoms with Gasteiger partial charge in [-0.15, -0.1) is 0 Å². The van der Waals surface area contributed by atoms with Crippen LogP contribution >= 0.6 is 16.1 Å². The summed E-state index contributed by atoms with van der Waals surface area (Å²) in [6, 6.07) is 0. The van der Waals surface area contributed by atoms with Gasteiger partial charge in [-0.2, -0.15) is 0 Å². The zero-order chi connectivity index (χ0) is 9.56. The Kier molecular flexibility index (Phi) is 7.07. The van der Waals surface area contributed by atoms with Gasteiger partial charge in [-0.25, -0.2) is 0 Å². The van der Waals surface area contributed by atoms with E-state index in [0.29, 0.717) is 13.0 Å². The minimum atomic E-state index is -2.70. The van der Waals surface area contributed by atoms with Crippen LogP contribution in [-0.2, 0) is 13.7 Å². The third-order valence-electron chi connectivity index (χ3n) is 1.45. The van der Waals surface area contributed by atoms with E-state index >= 15 is 0 Å². The zero-order valence-corrected chi connectivity index (χ0v) is 9.37. The van der Waals surface area contributed by atoms with Gasteiger partial charge < -0.3 is 9.42 Å². The van der Waals surface area contributed by atoms with Crippen LogP contribution in [0.3, 0.4) is 0 Å². The molecule has 3 atom stereocenters. The van der Waals surface area contributed by atoms with Crippen molar-refractivity contribution >= 4 is 16.1 Å². The van der Waals surface area contributed by atoms with Crippen molar-refractivity contribution in [2.45, 2.75) is 32.1 Å². The summed E-state index contributed by atoms with van der Waals surface area (Å²) >= 11 is 0. The first-order chi connectivity index (χ1) is 5.63. The Morgan fingerprint density at radius 2 is 2.00 bits per heavy atom. The van der Waals surface area contributed by atoms with Crippen LogP contribution in [-0.4, -0.2) is 16.9 Å². The molecule has 12 heavy (non-hydrogen) atoms. The van der Waals surface area contributed by atoms with Crippen LogP contribution in [0.2, 0.25) is 0 Å². The molecule has 0 saturated heterocycles. The van der Waals surface area contributed by atoms with Crippen molar-refractivity contribution in [1.29, 1.82) is 0 Å². The van der Waals surface area contributed by atoms with Gasteiger partial charge in [-0.05, 0) is 13.3 Å². The van der Waals surface area contributed by atoms with Crippen molar-refractivity contribution in [3.63, 3.8) is 0 Å². The Bertz CT molecular complexity index is 171. The topological polar surface area (TPSA) is 63.6 Å². The van der Waals surface area contributed by atoms with Crippen molar-refractivity contribution in [1.82, 2.24) is 0 Å². The lowest BCUT2D eigenvalue weighted by Gasteiger charge is -2.11. The van der Waals surface area contributed by atoms with Crippen molar-refractivity contribution < 1.29 is 18.5 Å². The van der Waals surface area contributed by atoms with Gasteiger partial charge in [-0.1, -0.05) is 13.3 Å². The third kappa shape index (κ3) is 4.42. The van der Waals surface area contributed by atoms with Crippen LogP contribution < -0.4 is 0 Å². The Morgan fingerprint density at radius 3 is 2.33 bits per heavy atom. The van der Waals surface area contributed by atoms with Gasteiger partial charge >= 0.3 is 0 Å². The molecule has 0 aromatic carbocycles. The summed E-state index contributed by atoms with van der Waals surface area (Å²) in [5.41, 5.74) is 0. The SMILES string of the molecule is CCCC([PH](=O)O)[PH](=O)OCC. The molecule has 1 N–H and O–H groups in total. The first-order valence-corrected chi connectivity index (χ1v) is 6.85. The van der Waals surface area contributed by atoms with Crippen LogP contribution in [0.5, 0.6) is 0 Å². The molecule has 0 radical (unpaired) electrons. The van der Waals surface area contributed by atoms with Crippen LogP contribution in [0.25, 0.3) is 0 Å². The molecular formula is C6H16O4P2. The molecule has 0 aliphatic carbocycles. The van der Waals surface area contributed by atoms with Gasteiger partial charge in [0.15, 0.2) is 0 Å². The van der Waals surface area contributed by atoms with Gasteiger partial charge in [0.25, 0.3) is 0 Å². The minimum absolute atomic E-state index is 0.340. The molecule has 0 amide bonds. The summed E-state index contributed by atoms with van der Waals surface area (Å²) in [4.78, 5) is 8.83. The highest BCUT2D eigenvalue weighted by Gasteiger charge is 2.20. The second kappa shape index (κ2) is 6.85. The van der Waals surface area contributed by atoms with E-state index in [4.69, 9.17) is 9.42 Å². The molecular weight excluding hydrogens is 198 g/mol. The minimum Gasteiger partial charge on any atom is -0.346 e. The molecule has 0 spiro atoms. The van der Waals surface area contributed by atoms with E-state index in [1.165, 1.54) is 0 Å². The molecule has 0 aliphatic rings. The summed E-state index contributed by atoms with van der Waals surface area (Å²) in [6.07, 6.45) is 1.26. The second-order valence-electron chi connectivity index (χ2n) is 2.43. The first-order valence-electron chi connectivity index (χ1n) is 4.02. The molecule has 0 aromatic rings. The van der Waals surface area contributed by atoms with Crippen molar-refractivity contribution in [2.24, 2.45) is 0 Å². The maximum Gasteiger partial charge on any atom is 0.203 e. The zero-order valence-electron chi connectivity index (χ0n) is 7.37. The van der Waals surface area contributed by atoms with Crippen LogP contribution in [0.1, 0.15) is 26.7 Å². The van der Waals surface area contributed by atoms with Crippen molar-refractivity contribution in [2.75, 3.05) is 6.61 Å². The summed E-state index contributed by atoms with van der Waals surface area (Å²) in [5.74, 6) is 0. The highest BCUT2D eigenvalue weighted by Crippen LogP contribution is 2.45. The van der Waals surface area contributed by atoms with E-state index in [1.54, 1.807) is 6.92 Å². The van der Waals surface area contributed by atoms with Crippen LogP contribution in [0.15, 0.2) is 0 Å². The standard InChI is InChI=1S/C6H16O4P2/c1-3-5-6(11(7)8)12(9)10-4-2/h6,11-12H,3-5H2,1-2H3,(H,7,8). The highest BCUT2D eigenvalue weighted by atomic mass is 31.2. The molecule has 6 heteroatoms. The van der Waals surface area contributed by atoms with E-state index in [9.17, 15) is 9.13 Å². The van der Waals surface area contributed by atoms with E-state index in [2.05, 4.69) is 0 Å². The van der Waals surface area contributed by atoms with Crippen LogP contribution in [0, 0.1) is 0 Å². The second-order valence-corrected chi connectivity index (χ2v) is 6.01.